The molecular formula is C25H26ClF7N4O. The van der Waals surface area contributed by atoms with Crippen molar-refractivity contribution in [1.29, 1.82) is 0 Å². The molecule has 0 aliphatic carbocycles. The van der Waals surface area contributed by atoms with Gasteiger partial charge in [-0.3, -0.25) is 4.79 Å². The van der Waals surface area contributed by atoms with Crippen LogP contribution in [-0.4, -0.2) is 54.6 Å². The van der Waals surface area contributed by atoms with Crippen molar-refractivity contribution in [3.05, 3.63) is 52.4 Å². The number of hydrogen-bond acceptors (Lipinski definition) is 4. The first kappa shape index (κ1) is 28.4. The number of alkyl halides is 6. The van der Waals surface area contributed by atoms with E-state index in [0.29, 0.717) is 31.1 Å². The summed E-state index contributed by atoms with van der Waals surface area (Å²) in [7, 11) is 0. The fourth-order valence-electron chi connectivity index (χ4n) is 4.93. The summed E-state index contributed by atoms with van der Waals surface area (Å²) in [6, 6.07) is 3.21. The van der Waals surface area contributed by atoms with Crippen LogP contribution in [-0.2, 0) is 17.1 Å². The Balaban J connectivity index is 1.64. The van der Waals surface area contributed by atoms with E-state index in [4.69, 9.17) is 11.6 Å². The lowest BCUT2D eigenvalue weighted by molar-refractivity contribution is -0.145. The fourth-order valence-corrected chi connectivity index (χ4v) is 5.10. The average molecular weight is 567 g/mol. The maximum absolute atomic E-state index is 13.8. The predicted octanol–water partition coefficient (Wildman–Crippen LogP) is 6.40. The van der Waals surface area contributed by atoms with E-state index < -0.39 is 47.2 Å². The molecule has 13 heteroatoms. The van der Waals surface area contributed by atoms with Crippen LogP contribution in [0.4, 0.5) is 42.2 Å². The summed E-state index contributed by atoms with van der Waals surface area (Å²) in [5.41, 5.74) is -2.89. The largest absolute Gasteiger partial charge is 0.433 e. The van der Waals surface area contributed by atoms with Crippen molar-refractivity contribution in [2.75, 3.05) is 42.5 Å². The molecule has 2 fully saturated rings. The van der Waals surface area contributed by atoms with Gasteiger partial charge < -0.3 is 14.7 Å². The van der Waals surface area contributed by atoms with Gasteiger partial charge in [0.25, 0.3) is 0 Å². The molecule has 1 atom stereocenters. The zero-order valence-electron chi connectivity index (χ0n) is 20.3. The first-order valence-corrected chi connectivity index (χ1v) is 12.6. The lowest BCUT2D eigenvalue weighted by Gasteiger charge is -2.32. The van der Waals surface area contributed by atoms with Crippen LogP contribution in [0, 0.1) is 5.82 Å². The van der Waals surface area contributed by atoms with E-state index in [2.05, 4.69) is 9.88 Å². The van der Waals surface area contributed by atoms with Crippen molar-refractivity contribution in [2.45, 2.75) is 50.5 Å². The number of nitrogens with zero attached hydrogens (tertiary/aromatic N) is 4. The van der Waals surface area contributed by atoms with E-state index in [-0.39, 0.29) is 30.6 Å². The van der Waals surface area contributed by atoms with E-state index in [1.54, 1.807) is 0 Å². The van der Waals surface area contributed by atoms with Gasteiger partial charge in [0.2, 0.25) is 5.91 Å². The topological polar surface area (TPSA) is 39.7 Å². The third-order valence-corrected chi connectivity index (χ3v) is 7.09. The number of hydrogen-bond donors (Lipinski definition) is 0. The number of aromatic nitrogens is 1. The lowest BCUT2D eigenvalue weighted by atomic mass is 10.1. The highest BCUT2D eigenvalue weighted by Crippen LogP contribution is 2.38. The number of halogens is 8. The van der Waals surface area contributed by atoms with Gasteiger partial charge >= 0.3 is 12.4 Å². The average Bonchev–Trinajstić information content (AvgIpc) is 3.54. The van der Waals surface area contributed by atoms with Crippen LogP contribution in [0.2, 0.25) is 5.02 Å². The number of likely N-dealkylation sites (tertiary alicyclic amines) is 1. The molecule has 1 aromatic heterocycles. The van der Waals surface area contributed by atoms with Gasteiger partial charge in [-0.25, -0.2) is 9.37 Å². The van der Waals surface area contributed by atoms with E-state index in [1.807, 2.05) is 0 Å². The molecule has 0 saturated carbocycles. The lowest BCUT2D eigenvalue weighted by Crippen LogP contribution is -2.47. The molecule has 208 valence electrons. The highest BCUT2D eigenvalue weighted by Gasteiger charge is 2.41. The van der Waals surface area contributed by atoms with Gasteiger partial charge in [0.1, 0.15) is 23.4 Å². The maximum atomic E-state index is 13.8. The number of anilines is 2. The quantitative estimate of drug-likeness (QED) is 0.364. The molecule has 0 radical (unpaired) electrons. The van der Waals surface area contributed by atoms with Crippen LogP contribution >= 0.6 is 11.6 Å². The van der Waals surface area contributed by atoms with Crippen molar-refractivity contribution in [3.63, 3.8) is 0 Å². The Hall–Kier alpha value is -2.60. The number of pyridine rings is 1. The third kappa shape index (κ3) is 6.51. The van der Waals surface area contributed by atoms with Gasteiger partial charge in [0.15, 0.2) is 0 Å². The van der Waals surface area contributed by atoms with Crippen LogP contribution in [0.3, 0.4) is 0 Å². The third-order valence-electron chi connectivity index (χ3n) is 6.80. The highest BCUT2D eigenvalue weighted by molar-refractivity contribution is 6.31. The Bertz CT molecular complexity index is 1120. The van der Waals surface area contributed by atoms with E-state index in [9.17, 15) is 35.5 Å². The minimum absolute atomic E-state index is 0.0401. The molecular weight excluding hydrogens is 541 g/mol. The van der Waals surface area contributed by atoms with E-state index in [1.165, 1.54) is 21.9 Å². The molecule has 2 saturated heterocycles. The molecule has 0 N–H and O–H groups in total. The van der Waals surface area contributed by atoms with Gasteiger partial charge in [-0.15, -0.1) is 0 Å². The zero-order valence-corrected chi connectivity index (χ0v) is 21.0. The van der Waals surface area contributed by atoms with Crippen molar-refractivity contribution < 1.29 is 35.5 Å². The molecule has 2 aliphatic heterocycles. The molecule has 0 bridgehead atoms. The van der Waals surface area contributed by atoms with Crippen LogP contribution < -0.4 is 9.80 Å². The van der Waals surface area contributed by atoms with Gasteiger partial charge in [0.05, 0.1) is 10.6 Å². The maximum Gasteiger partial charge on any atom is 0.433 e. The van der Waals surface area contributed by atoms with Gasteiger partial charge in [-0.2, -0.15) is 26.3 Å². The Morgan fingerprint density at radius 1 is 1.00 bits per heavy atom. The Morgan fingerprint density at radius 3 is 2.34 bits per heavy atom. The van der Waals surface area contributed by atoms with Gasteiger partial charge in [0, 0.05) is 18.8 Å². The monoisotopic (exact) mass is 566 g/mol. The second-order valence-corrected chi connectivity index (χ2v) is 9.84. The molecule has 2 aromatic rings. The van der Waals surface area contributed by atoms with Crippen LogP contribution in [0.5, 0.6) is 0 Å². The molecule has 2 aliphatic rings. The van der Waals surface area contributed by atoms with Crippen molar-refractivity contribution >= 4 is 29.0 Å². The standard InChI is InChI=1S/C25H26ClF7N4O/c26-18-15-17(6-7-19(18)27)36(12-4-10-35-8-1-2-9-35)23(38)20-5-3-11-37(20)22-14-16(24(28,29)30)13-21(34-22)25(31,32)33/h6-7,13-15,20H,1-5,8-12H2/t20-/m0/s1. The van der Waals surface area contributed by atoms with Crippen LogP contribution in [0.25, 0.3) is 0 Å². The Labute approximate surface area is 220 Å². The molecule has 38 heavy (non-hydrogen) atoms. The zero-order chi connectivity index (χ0) is 27.7. The molecule has 1 aromatic carbocycles. The van der Waals surface area contributed by atoms with Crippen molar-refractivity contribution in [2.24, 2.45) is 0 Å². The summed E-state index contributed by atoms with van der Waals surface area (Å²) in [5, 5.41) is -0.211. The summed E-state index contributed by atoms with van der Waals surface area (Å²) in [5.74, 6) is -1.79. The SMILES string of the molecule is O=C([C@@H]1CCCN1c1cc(C(F)(F)F)cc(C(F)(F)F)n1)N(CCCN1CCCC1)c1ccc(F)c(Cl)c1. The number of carbonyl (C=O) groups is 1. The number of amides is 1. The highest BCUT2D eigenvalue weighted by atomic mass is 35.5. The molecule has 5 nitrogen and oxygen atoms in total. The van der Waals surface area contributed by atoms with Crippen LogP contribution in [0.1, 0.15) is 43.4 Å². The van der Waals surface area contributed by atoms with Crippen molar-refractivity contribution in [3.8, 4) is 0 Å². The van der Waals surface area contributed by atoms with E-state index in [0.717, 1.165) is 32.0 Å². The second-order valence-electron chi connectivity index (χ2n) is 9.44. The van der Waals surface area contributed by atoms with Crippen molar-refractivity contribution in [1.82, 2.24) is 9.88 Å². The Kier molecular flexibility index (Phi) is 8.41. The minimum atomic E-state index is -5.11. The van der Waals surface area contributed by atoms with E-state index >= 15 is 0 Å². The first-order chi connectivity index (χ1) is 17.8. The normalized spacial score (nSPS) is 18.8. The number of carbonyl (C=O) groups excluding carboxylic acids is 1. The minimum Gasteiger partial charge on any atom is -0.345 e. The number of benzene rings is 1. The summed E-state index contributed by atoms with van der Waals surface area (Å²) < 4.78 is 94.3. The molecule has 0 unspecified atom stereocenters. The smallest absolute Gasteiger partial charge is 0.345 e. The summed E-state index contributed by atoms with van der Waals surface area (Å²) in [6.07, 6.45) is -6.86. The number of rotatable bonds is 7. The van der Waals surface area contributed by atoms with Gasteiger partial charge in [-0.1, -0.05) is 11.6 Å². The molecule has 0 spiro atoms. The second kappa shape index (κ2) is 11.3. The fraction of sp³-hybridized carbons (Fsp3) is 0.520. The summed E-state index contributed by atoms with van der Waals surface area (Å²) >= 11 is 5.95. The Morgan fingerprint density at radius 2 is 1.71 bits per heavy atom. The molecule has 1 amide bonds. The first-order valence-electron chi connectivity index (χ1n) is 12.3. The summed E-state index contributed by atoms with van der Waals surface area (Å²) in [4.78, 5) is 22.0. The molecule has 3 heterocycles. The van der Waals surface area contributed by atoms with Crippen LogP contribution in [0.15, 0.2) is 30.3 Å². The summed E-state index contributed by atoms with van der Waals surface area (Å²) in [6.45, 7) is 2.85. The molecule has 4 rings (SSSR count). The predicted molar refractivity (Wildman–Crippen MR) is 129 cm³/mol. The van der Waals surface area contributed by atoms with Gasteiger partial charge in [-0.05, 0) is 82.1 Å².